The van der Waals surface area contributed by atoms with Gasteiger partial charge in [0.05, 0.1) is 25.3 Å². The fourth-order valence-corrected chi connectivity index (χ4v) is 1.44. The average molecular weight is 186 g/mol. The van der Waals surface area contributed by atoms with E-state index in [1.807, 2.05) is 18.7 Å². The van der Waals surface area contributed by atoms with Crippen molar-refractivity contribution in [3.8, 4) is 0 Å². The summed E-state index contributed by atoms with van der Waals surface area (Å²) in [5.74, 6) is 0.0540. The normalized spacial score (nSPS) is 25.8. The van der Waals surface area contributed by atoms with Gasteiger partial charge in [0.1, 0.15) is 0 Å². The van der Waals surface area contributed by atoms with Crippen molar-refractivity contribution in [3.63, 3.8) is 0 Å². The minimum atomic E-state index is -0.347. The Labute approximate surface area is 79.0 Å². The zero-order valence-electron chi connectivity index (χ0n) is 8.32. The van der Waals surface area contributed by atoms with E-state index in [4.69, 9.17) is 10.5 Å². The molecule has 0 aromatic heterocycles. The van der Waals surface area contributed by atoms with Crippen LogP contribution in [0.5, 0.6) is 0 Å². The van der Waals surface area contributed by atoms with Crippen molar-refractivity contribution < 1.29 is 9.53 Å². The maximum Gasteiger partial charge on any atom is 0.239 e. The van der Waals surface area contributed by atoms with Gasteiger partial charge in [-0.25, -0.2) is 0 Å². The molecule has 1 rings (SSSR count). The number of carbonyl (C=O) groups excluding carboxylic acids is 1. The van der Waals surface area contributed by atoms with Gasteiger partial charge in [-0.15, -0.1) is 0 Å². The lowest BCUT2D eigenvalue weighted by Gasteiger charge is -2.34. The highest BCUT2D eigenvalue weighted by atomic mass is 16.5. The molecule has 0 bridgehead atoms. The number of morpholine rings is 1. The van der Waals surface area contributed by atoms with Crippen molar-refractivity contribution in [1.29, 1.82) is 0 Å². The quantitative estimate of drug-likeness (QED) is 0.659. The van der Waals surface area contributed by atoms with Gasteiger partial charge in [-0.3, -0.25) is 4.79 Å². The Balaban J connectivity index is 2.53. The largest absolute Gasteiger partial charge is 0.377 e. The Morgan fingerprint density at radius 3 is 3.00 bits per heavy atom. The van der Waals surface area contributed by atoms with Gasteiger partial charge in [-0.2, -0.15) is 0 Å². The molecule has 76 valence electrons. The van der Waals surface area contributed by atoms with Crippen LogP contribution in [0.4, 0.5) is 0 Å². The molecular formula is C9H18N2O2. The molecule has 1 fully saturated rings. The topological polar surface area (TPSA) is 55.6 Å². The van der Waals surface area contributed by atoms with E-state index in [0.29, 0.717) is 26.2 Å². The van der Waals surface area contributed by atoms with E-state index in [2.05, 4.69) is 0 Å². The SMILES string of the molecule is CC[C@@H](N)C(=O)N1CCOC[C@H]1C. The number of ether oxygens (including phenoxy) is 1. The van der Waals surface area contributed by atoms with Crippen molar-refractivity contribution >= 4 is 5.91 Å². The van der Waals surface area contributed by atoms with E-state index in [1.165, 1.54) is 0 Å². The molecule has 1 amide bonds. The highest BCUT2D eigenvalue weighted by Gasteiger charge is 2.26. The lowest BCUT2D eigenvalue weighted by atomic mass is 10.1. The Morgan fingerprint density at radius 1 is 1.77 bits per heavy atom. The molecule has 0 aromatic carbocycles. The Morgan fingerprint density at radius 2 is 2.46 bits per heavy atom. The van der Waals surface area contributed by atoms with Gasteiger partial charge in [0.2, 0.25) is 5.91 Å². The van der Waals surface area contributed by atoms with Crippen LogP contribution in [0.15, 0.2) is 0 Å². The van der Waals surface area contributed by atoms with Gasteiger partial charge in [-0.05, 0) is 13.3 Å². The van der Waals surface area contributed by atoms with Crippen molar-refractivity contribution in [3.05, 3.63) is 0 Å². The molecule has 2 atom stereocenters. The molecule has 4 nitrogen and oxygen atoms in total. The van der Waals surface area contributed by atoms with Crippen LogP contribution in [0.25, 0.3) is 0 Å². The molecule has 1 heterocycles. The van der Waals surface area contributed by atoms with E-state index in [1.54, 1.807) is 0 Å². The second-order valence-electron chi connectivity index (χ2n) is 3.47. The zero-order valence-corrected chi connectivity index (χ0v) is 8.32. The molecule has 1 aliphatic rings. The molecule has 1 aliphatic heterocycles. The molecule has 0 saturated carbocycles. The van der Waals surface area contributed by atoms with Crippen molar-refractivity contribution in [1.82, 2.24) is 4.90 Å². The van der Waals surface area contributed by atoms with Gasteiger partial charge in [0, 0.05) is 6.54 Å². The highest BCUT2D eigenvalue weighted by Crippen LogP contribution is 2.08. The van der Waals surface area contributed by atoms with E-state index in [9.17, 15) is 4.79 Å². The fraction of sp³-hybridized carbons (Fsp3) is 0.889. The molecule has 0 unspecified atom stereocenters. The lowest BCUT2D eigenvalue weighted by Crippen LogP contribution is -2.52. The maximum atomic E-state index is 11.7. The third-order valence-corrected chi connectivity index (χ3v) is 2.41. The first-order valence-electron chi connectivity index (χ1n) is 4.80. The molecule has 2 N–H and O–H groups in total. The highest BCUT2D eigenvalue weighted by molar-refractivity contribution is 5.81. The van der Waals surface area contributed by atoms with E-state index in [0.717, 1.165) is 0 Å². The molecule has 4 heteroatoms. The predicted molar refractivity (Wildman–Crippen MR) is 50.3 cm³/mol. The summed E-state index contributed by atoms with van der Waals surface area (Å²) in [6, 6.07) is -0.181. The molecule has 0 spiro atoms. The molecule has 0 aliphatic carbocycles. The summed E-state index contributed by atoms with van der Waals surface area (Å²) >= 11 is 0. The number of amides is 1. The third kappa shape index (κ3) is 2.42. The first-order valence-corrected chi connectivity index (χ1v) is 4.80. The number of nitrogens with zero attached hydrogens (tertiary/aromatic N) is 1. The summed E-state index contributed by atoms with van der Waals surface area (Å²) in [7, 11) is 0. The number of carbonyl (C=O) groups is 1. The van der Waals surface area contributed by atoms with Crippen molar-refractivity contribution in [2.45, 2.75) is 32.4 Å². The van der Waals surface area contributed by atoms with E-state index < -0.39 is 0 Å². The monoisotopic (exact) mass is 186 g/mol. The van der Waals surface area contributed by atoms with Gasteiger partial charge >= 0.3 is 0 Å². The first-order chi connectivity index (χ1) is 6.16. The van der Waals surface area contributed by atoms with Gasteiger partial charge in [0.25, 0.3) is 0 Å². The van der Waals surface area contributed by atoms with Crippen LogP contribution < -0.4 is 5.73 Å². The Hall–Kier alpha value is -0.610. The third-order valence-electron chi connectivity index (χ3n) is 2.41. The molecular weight excluding hydrogens is 168 g/mol. The van der Waals surface area contributed by atoms with Crippen molar-refractivity contribution in [2.24, 2.45) is 5.73 Å². The molecule has 0 aromatic rings. The summed E-state index contributed by atoms with van der Waals surface area (Å²) in [5.41, 5.74) is 5.68. The summed E-state index contributed by atoms with van der Waals surface area (Å²) in [4.78, 5) is 13.5. The number of nitrogens with two attached hydrogens (primary N) is 1. The minimum Gasteiger partial charge on any atom is -0.377 e. The first kappa shape index (κ1) is 10.5. The van der Waals surface area contributed by atoms with Crippen LogP contribution in [-0.4, -0.2) is 42.6 Å². The predicted octanol–water partition coefficient (Wildman–Crippen LogP) is -0.0290. The molecule has 1 saturated heterocycles. The van der Waals surface area contributed by atoms with Gasteiger partial charge in [-0.1, -0.05) is 6.92 Å². The minimum absolute atomic E-state index is 0.0540. The Kier molecular flexibility index (Phi) is 3.69. The van der Waals surface area contributed by atoms with E-state index >= 15 is 0 Å². The zero-order chi connectivity index (χ0) is 9.84. The van der Waals surface area contributed by atoms with Crippen LogP contribution in [0.2, 0.25) is 0 Å². The Bertz CT molecular complexity index is 184. The smallest absolute Gasteiger partial charge is 0.239 e. The van der Waals surface area contributed by atoms with Crippen molar-refractivity contribution in [2.75, 3.05) is 19.8 Å². The lowest BCUT2D eigenvalue weighted by molar-refractivity contribution is -0.140. The number of hydrogen-bond acceptors (Lipinski definition) is 3. The standard InChI is InChI=1S/C9H18N2O2/c1-3-8(10)9(12)11-4-5-13-6-7(11)2/h7-8H,3-6,10H2,1-2H3/t7-,8-/m1/s1. The molecule has 0 radical (unpaired) electrons. The van der Waals surface area contributed by atoms with Crippen LogP contribution >= 0.6 is 0 Å². The summed E-state index contributed by atoms with van der Waals surface area (Å²) in [6.07, 6.45) is 0.697. The second-order valence-corrected chi connectivity index (χ2v) is 3.47. The second kappa shape index (κ2) is 4.58. The molecule has 13 heavy (non-hydrogen) atoms. The summed E-state index contributed by atoms with van der Waals surface area (Å²) in [5, 5.41) is 0. The van der Waals surface area contributed by atoms with Crippen LogP contribution in [0, 0.1) is 0 Å². The van der Waals surface area contributed by atoms with Gasteiger partial charge in [0.15, 0.2) is 0 Å². The van der Waals surface area contributed by atoms with Crippen LogP contribution in [0.1, 0.15) is 20.3 Å². The van der Waals surface area contributed by atoms with E-state index in [-0.39, 0.29) is 18.0 Å². The summed E-state index contributed by atoms with van der Waals surface area (Å²) < 4.78 is 5.24. The van der Waals surface area contributed by atoms with Gasteiger partial charge < -0.3 is 15.4 Å². The number of hydrogen-bond donors (Lipinski definition) is 1. The number of rotatable bonds is 2. The summed E-state index contributed by atoms with van der Waals surface area (Å²) in [6.45, 7) is 5.84. The fourth-order valence-electron chi connectivity index (χ4n) is 1.44. The van der Waals surface area contributed by atoms with Crippen LogP contribution in [-0.2, 0) is 9.53 Å². The maximum absolute atomic E-state index is 11.7. The average Bonchev–Trinajstić information content (AvgIpc) is 2.16. The van der Waals surface area contributed by atoms with Crippen LogP contribution in [0.3, 0.4) is 0 Å².